The largest absolute Gasteiger partial charge is 0.346 e. The molecule has 110 valence electrons. The minimum atomic E-state index is -0.478. The summed E-state index contributed by atoms with van der Waals surface area (Å²) in [5, 5.41) is 17.1. The zero-order chi connectivity index (χ0) is 14.7. The summed E-state index contributed by atoms with van der Waals surface area (Å²) >= 11 is 0. The lowest BCUT2D eigenvalue weighted by Gasteiger charge is -2.30. The fourth-order valence-corrected chi connectivity index (χ4v) is 2.53. The van der Waals surface area contributed by atoms with Crippen LogP contribution in [0.2, 0.25) is 0 Å². The minimum Gasteiger partial charge on any atom is -0.346 e. The second kappa shape index (κ2) is 6.04. The van der Waals surface area contributed by atoms with Crippen LogP contribution in [0.5, 0.6) is 0 Å². The summed E-state index contributed by atoms with van der Waals surface area (Å²) in [5.41, 5.74) is 0.295. The number of amides is 1. The number of aromatic nitrogens is 1. The van der Waals surface area contributed by atoms with Crippen LogP contribution in [-0.4, -0.2) is 34.0 Å². The van der Waals surface area contributed by atoms with Crippen LogP contribution in [0.15, 0.2) is 12.3 Å². The summed E-state index contributed by atoms with van der Waals surface area (Å²) in [7, 11) is 0. The smallest absolute Gasteiger partial charge is 0.287 e. The molecule has 0 bridgehead atoms. The second-order valence-electron chi connectivity index (χ2n) is 5.09. The fourth-order valence-electron chi connectivity index (χ4n) is 2.53. The van der Waals surface area contributed by atoms with Crippen LogP contribution in [-0.2, 0) is 6.54 Å². The van der Waals surface area contributed by atoms with Gasteiger partial charge in [-0.05, 0) is 33.2 Å². The summed E-state index contributed by atoms with van der Waals surface area (Å²) < 4.78 is 1.61. The van der Waals surface area contributed by atoms with Gasteiger partial charge in [-0.1, -0.05) is 0 Å². The third-order valence-corrected chi connectivity index (χ3v) is 3.74. The third-order valence-electron chi connectivity index (χ3n) is 3.74. The first-order valence-electron chi connectivity index (χ1n) is 6.91. The van der Waals surface area contributed by atoms with E-state index in [2.05, 4.69) is 10.6 Å². The molecule has 1 aliphatic rings. The van der Waals surface area contributed by atoms with E-state index in [4.69, 9.17) is 0 Å². The molecule has 2 rings (SSSR count). The van der Waals surface area contributed by atoms with Gasteiger partial charge in [0.15, 0.2) is 0 Å². The molecule has 2 heterocycles. The summed E-state index contributed by atoms with van der Waals surface area (Å²) in [6.07, 6.45) is 3.34. The molecule has 0 saturated carbocycles. The Kier molecular flexibility index (Phi) is 4.39. The second-order valence-corrected chi connectivity index (χ2v) is 5.09. The van der Waals surface area contributed by atoms with Crippen molar-refractivity contribution in [2.24, 2.45) is 0 Å². The van der Waals surface area contributed by atoms with Gasteiger partial charge in [0.1, 0.15) is 5.69 Å². The highest BCUT2D eigenvalue weighted by Gasteiger charge is 2.25. The van der Waals surface area contributed by atoms with Crippen LogP contribution in [0.4, 0.5) is 5.69 Å². The third kappa shape index (κ3) is 2.98. The molecule has 0 aromatic carbocycles. The topological polar surface area (TPSA) is 89.2 Å². The molecule has 7 nitrogen and oxygen atoms in total. The first kappa shape index (κ1) is 14.5. The number of carbonyl (C=O) groups is 1. The molecule has 2 unspecified atom stereocenters. The highest BCUT2D eigenvalue weighted by atomic mass is 16.6. The van der Waals surface area contributed by atoms with Crippen LogP contribution in [0.1, 0.15) is 37.2 Å². The van der Waals surface area contributed by atoms with E-state index in [1.54, 1.807) is 4.57 Å². The molecule has 0 spiro atoms. The summed E-state index contributed by atoms with van der Waals surface area (Å²) in [4.78, 5) is 22.6. The van der Waals surface area contributed by atoms with Gasteiger partial charge in [0.05, 0.1) is 11.1 Å². The van der Waals surface area contributed by atoms with Crippen LogP contribution < -0.4 is 10.6 Å². The van der Waals surface area contributed by atoms with Crippen molar-refractivity contribution >= 4 is 11.6 Å². The van der Waals surface area contributed by atoms with Gasteiger partial charge in [-0.3, -0.25) is 14.9 Å². The lowest BCUT2D eigenvalue weighted by molar-refractivity contribution is -0.384. The number of hydrogen-bond donors (Lipinski definition) is 2. The number of rotatable bonds is 4. The van der Waals surface area contributed by atoms with E-state index in [1.807, 2.05) is 13.8 Å². The zero-order valence-corrected chi connectivity index (χ0v) is 11.8. The Morgan fingerprint density at radius 2 is 2.40 bits per heavy atom. The van der Waals surface area contributed by atoms with Crippen molar-refractivity contribution in [3.63, 3.8) is 0 Å². The summed E-state index contributed by atoms with van der Waals surface area (Å²) in [6.45, 7) is 5.37. The average molecular weight is 280 g/mol. The summed E-state index contributed by atoms with van der Waals surface area (Å²) in [5.74, 6) is -0.250. The molecule has 20 heavy (non-hydrogen) atoms. The van der Waals surface area contributed by atoms with E-state index in [9.17, 15) is 14.9 Å². The Labute approximate surface area is 117 Å². The number of nitrogens with one attached hydrogen (secondary N) is 2. The van der Waals surface area contributed by atoms with Crippen LogP contribution in [0.3, 0.4) is 0 Å². The minimum absolute atomic E-state index is 0.0492. The fraction of sp³-hybridized carbons (Fsp3) is 0.615. The van der Waals surface area contributed by atoms with Gasteiger partial charge in [0, 0.05) is 24.7 Å². The number of hydrogen-bond acceptors (Lipinski definition) is 4. The Bertz CT molecular complexity index is 512. The maximum atomic E-state index is 12.3. The monoisotopic (exact) mass is 280 g/mol. The van der Waals surface area contributed by atoms with Gasteiger partial charge >= 0.3 is 0 Å². The van der Waals surface area contributed by atoms with Crippen molar-refractivity contribution in [3.05, 3.63) is 28.1 Å². The molecule has 7 heteroatoms. The quantitative estimate of drug-likeness (QED) is 0.642. The Morgan fingerprint density at radius 3 is 3.00 bits per heavy atom. The molecule has 1 saturated heterocycles. The average Bonchev–Trinajstić information content (AvgIpc) is 2.85. The van der Waals surface area contributed by atoms with E-state index in [0.29, 0.717) is 12.2 Å². The molecule has 1 aliphatic heterocycles. The molecule has 1 aromatic rings. The van der Waals surface area contributed by atoms with E-state index in [-0.39, 0.29) is 23.7 Å². The molecule has 1 fully saturated rings. The Hall–Kier alpha value is -1.89. The number of carbonyl (C=O) groups excluding carboxylic acids is 1. The number of nitro groups is 1. The van der Waals surface area contributed by atoms with Crippen molar-refractivity contribution in [1.29, 1.82) is 0 Å². The van der Waals surface area contributed by atoms with Gasteiger partial charge in [-0.25, -0.2) is 0 Å². The highest BCUT2D eigenvalue weighted by Crippen LogP contribution is 2.17. The first-order valence-corrected chi connectivity index (χ1v) is 6.91. The van der Waals surface area contributed by atoms with E-state index in [0.717, 1.165) is 19.4 Å². The molecular weight excluding hydrogens is 260 g/mol. The maximum absolute atomic E-state index is 12.3. The Morgan fingerprint density at radius 1 is 1.65 bits per heavy atom. The van der Waals surface area contributed by atoms with E-state index in [1.165, 1.54) is 12.3 Å². The SMILES string of the molecule is CCn1cc([N+](=O)[O-])cc1C(=O)NC1CCCNC1C. The molecule has 1 amide bonds. The molecule has 0 aliphatic carbocycles. The van der Waals surface area contributed by atoms with Crippen molar-refractivity contribution in [2.75, 3.05) is 6.54 Å². The summed E-state index contributed by atoms with van der Waals surface area (Å²) in [6, 6.07) is 1.61. The normalized spacial score (nSPS) is 22.5. The van der Waals surface area contributed by atoms with Gasteiger partial charge in [-0.15, -0.1) is 0 Å². The first-order chi connectivity index (χ1) is 9.52. The lowest BCUT2D eigenvalue weighted by atomic mass is 10.00. The van der Waals surface area contributed by atoms with E-state index < -0.39 is 4.92 Å². The van der Waals surface area contributed by atoms with Crippen LogP contribution in [0, 0.1) is 10.1 Å². The van der Waals surface area contributed by atoms with Gasteiger partial charge in [-0.2, -0.15) is 0 Å². The van der Waals surface area contributed by atoms with Gasteiger partial charge in [0.25, 0.3) is 11.6 Å². The number of piperidine rings is 1. The number of aryl methyl sites for hydroxylation is 1. The molecule has 2 atom stereocenters. The standard InChI is InChI=1S/C13H20N4O3/c1-3-16-8-10(17(19)20)7-12(16)13(18)15-11-5-4-6-14-9(11)2/h7-9,11,14H,3-6H2,1-2H3,(H,15,18). The lowest BCUT2D eigenvalue weighted by Crippen LogP contribution is -2.52. The van der Waals surface area contributed by atoms with Crippen molar-refractivity contribution in [3.8, 4) is 0 Å². The predicted octanol–water partition coefficient (Wildman–Crippen LogP) is 1.29. The maximum Gasteiger partial charge on any atom is 0.287 e. The highest BCUT2D eigenvalue weighted by molar-refractivity contribution is 5.93. The number of nitrogens with zero attached hydrogens (tertiary/aromatic N) is 2. The predicted molar refractivity (Wildman–Crippen MR) is 74.7 cm³/mol. The van der Waals surface area contributed by atoms with Crippen molar-refractivity contribution < 1.29 is 9.72 Å². The van der Waals surface area contributed by atoms with Crippen LogP contribution >= 0.6 is 0 Å². The van der Waals surface area contributed by atoms with Crippen molar-refractivity contribution in [1.82, 2.24) is 15.2 Å². The van der Waals surface area contributed by atoms with Crippen molar-refractivity contribution in [2.45, 2.75) is 45.3 Å². The molecular formula is C13H20N4O3. The van der Waals surface area contributed by atoms with Gasteiger partial charge < -0.3 is 15.2 Å². The molecule has 2 N–H and O–H groups in total. The molecule has 1 aromatic heterocycles. The van der Waals surface area contributed by atoms with Crippen LogP contribution in [0.25, 0.3) is 0 Å². The Balaban J connectivity index is 2.13. The van der Waals surface area contributed by atoms with E-state index >= 15 is 0 Å². The van der Waals surface area contributed by atoms with Gasteiger partial charge in [0.2, 0.25) is 0 Å². The molecule has 0 radical (unpaired) electrons. The zero-order valence-electron chi connectivity index (χ0n) is 11.8.